The largest absolute Gasteiger partial charge is 0.351 e. The predicted octanol–water partition coefficient (Wildman–Crippen LogP) is 6.81. The van der Waals surface area contributed by atoms with Crippen LogP contribution in [0.3, 0.4) is 0 Å². The quantitative estimate of drug-likeness (QED) is 0.385. The number of aliphatic imine (C=N–C) groups is 1. The third-order valence-electron chi connectivity index (χ3n) is 8.82. The summed E-state index contributed by atoms with van der Waals surface area (Å²) in [4.78, 5) is 33.4. The molecular formula is C29H35Br2ClN4O2. The maximum Gasteiger partial charge on any atom is 0.314 e. The summed E-state index contributed by atoms with van der Waals surface area (Å²) in [5.41, 5.74) is 10.6. The van der Waals surface area contributed by atoms with Gasteiger partial charge in [0.2, 0.25) is 5.91 Å². The molecule has 0 aromatic heterocycles. The number of rotatable bonds is 3. The fourth-order valence-electron chi connectivity index (χ4n) is 6.74. The number of primary amides is 1. The molecule has 4 aliphatic rings. The summed E-state index contributed by atoms with van der Waals surface area (Å²) in [5, 5.41) is 0.757. The summed E-state index contributed by atoms with van der Waals surface area (Å²) in [7, 11) is 0. The molecule has 3 amide bonds. The van der Waals surface area contributed by atoms with Crippen LogP contribution in [0.5, 0.6) is 0 Å². The molecule has 2 atom stereocenters. The highest BCUT2D eigenvalue weighted by molar-refractivity contribution is 9.12. The van der Waals surface area contributed by atoms with E-state index in [1.165, 1.54) is 22.4 Å². The number of halogens is 3. The Bertz CT molecular complexity index is 1200. The monoisotopic (exact) mass is 664 g/mol. The van der Waals surface area contributed by atoms with Crippen LogP contribution in [0.15, 0.2) is 43.4 Å². The highest BCUT2D eigenvalue weighted by atomic mass is 79.9. The molecule has 5 rings (SSSR count). The lowest BCUT2D eigenvalue weighted by Gasteiger charge is -2.38. The highest BCUT2D eigenvalue weighted by Crippen LogP contribution is 2.49. The average Bonchev–Trinajstić information content (AvgIpc) is 3.13. The molecule has 0 spiro atoms. The van der Waals surface area contributed by atoms with Crippen LogP contribution in [0.4, 0.5) is 4.79 Å². The number of hydrogen-bond donors (Lipinski definition) is 1. The zero-order valence-corrected chi connectivity index (χ0v) is 25.7. The molecule has 2 unspecified atom stereocenters. The van der Waals surface area contributed by atoms with Gasteiger partial charge in [-0.05, 0) is 101 Å². The Morgan fingerprint density at radius 2 is 1.74 bits per heavy atom. The predicted molar refractivity (Wildman–Crippen MR) is 160 cm³/mol. The van der Waals surface area contributed by atoms with E-state index in [-0.39, 0.29) is 17.9 Å². The Morgan fingerprint density at radius 3 is 2.42 bits per heavy atom. The Labute approximate surface area is 247 Å². The zero-order chi connectivity index (χ0) is 27.0. The lowest BCUT2D eigenvalue weighted by Crippen LogP contribution is -2.44. The number of benzene rings is 1. The Balaban J connectivity index is 1.34. The van der Waals surface area contributed by atoms with E-state index in [0.717, 1.165) is 65.6 Å². The molecule has 2 N–H and O–H groups in total. The van der Waals surface area contributed by atoms with Crippen molar-refractivity contribution in [3.8, 4) is 0 Å². The molecule has 204 valence electrons. The van der Waals surface area contributed by atoms with Gasteiger partial charge in [0.1, 0.15) is 0 Å². The molecule has 6 nitrogen and oxygen atoms in total. The molecule has 38 heavy (non-hydrogen) atoms. The molecule has 2 saturated heterocycles. The van der Waals surface area contributed by atoms with Crippen molar-refractivity contribution in [1.82, 2.24) is 9.80 Å². The summed E-state index contributed by atoms with van der Waals surface area (Å²) in [6.45, 7) is 5.10. The minimum atomic E-state index is -0.361. The van der Waals surface area contributed by atoms with E-state index in [1.54, 1.807) is 4.90 Å². The molecule has 1 aromatic carbocycles. The third kappa shape index (κ3) is 5.92. The van der Waals surface area contributed by atoms with Gasteiger partial charge >= 0.3 is 6.03 Å². The first-order valence-electron chi connectivity index (χ1n) is 13.7. The number of hydrogen-bond acceptors (Lipinski definition) is 3. The summed E-state index contributed by atoms with van der Waals surface area (Å²) in [5.74, 6) is 1.42. The number of piperidine rings is 2. The number of likely N-dealkylation sites (tertiary alicyclic amines) is 2. The highest BCUT2D eigenvalue weighted by Gasteiger charge is 2.38. The van der Waals surface area contributed by atoms with Crippen molar-refractivity contribution in [3.63, 3.8) is 0 Å². The Morgan fingerprint density at radius 1 is 1.05 bits per heavy atom. The van der Waals surface area contributed by atoms with Gasteiger partial charge in [0.15, 0.2) is 0 Å². The van der Waals surface area contributed by atoms with Crippen LogP contribution in [0, 0.1) is 17.8 Å². The second-order valence-electron chi connectivity index (χ2n) is 11.1. The Hall–Kier alpha value is -1.64. The van der Waals surface area contributed by atoms with Crippen LogP contribution in [0.25, 0.3) is 0 Å². The number of urea groups is 1. The van der Waals surface area contributed by atoms with Crippen molar-refractivity contribution < 1.29 is 9.59 Å². The van der Waals surface area contributed by atoms with Gasteiger partial charge in [-0.15, -0.1) is 0 Å². The zero-order valence-electron chi connectivity index (χ0n) is 21.8. The number of allylic oxidation sites excluding steroid dienone is 4. The first-order chi connectivity index (χ1) is 18.2. The second-order valence-corrected chi connectivity index (χ2v) is 13.3. The standard InChI is InChI=1S/C29H35Br2ClN4O2/c1-17-12-21(30)16-34-28-23(17)3-2-20-14-22(32)15-24(31)26(20)27(28)19-6-10-35(11-7-19)25(37)13-18-4-8-36(9-5-18)29(33)38/h12,14-19,27H,2-11,13H2,1H3,(H2,33,38). The maximum absolute atomic E-state index is 13.2. The lowest BCUT2D eigenvalue weighted by atomic mass is 9.76. The lowest BCUT2D eigenvalue weighted by molar-refractivity contribution is -0.134. The summed E-state index contributed by atoms with van der Waals surface area (Å²) >= 11 is 14.0. The molecule has 0 bridgehead atoms. The van der Waals surface area contributed by atoms with Crippen LogP contribution < -0.4 is 5.73 Å². The van der Waals surface area contributed by atoms with Crippen molar-refractivity contribution in [2.24, 2.45) is 28.5 Å². The molecular weight excluding hydrogens is 632 g/mol. The SMILES string of the molecule is CC1C=C(Br)C=NC2=C1CCc1cc(Cl)cc(Br)c1C2C1CCN(C(=O)CC2CCN(C(N)=O)CC2)CC1. The minimum absolute atomic E-state index is 0.162. The Kier molecular flexibility index (Phi) is 8.70. The molecule has 2 fully saturated rings. The van der Waals surface area contributed by atoms with Gasteiger partial charge in [0.25, 0.3) is 0 Å². The van der Waals surface area contributed by atoms with E-state index in [9.17, 15) is 9.59 Å². The summed E-state index contributed by atoms with van der Waals surface area (Å²) in [6, 6.07) is 3.78. The normalized spacial score (nSPS) is 24.9. The summed E-state index contributed by atoms with van der Waals surface area (Å²) in [6.07, 6.45) is 10.2. The maximum atomic E-state index is 13.2. The van der Waals surface area contributed by atoms with E-state index in [2.05, 4.69) is 55.8 Å². The van der Waals surface area contributed by atoms with Crippen LogP contribution in [-0.4, -0.2) is 54.1 Å². The minimum Gasteiger partial charge on any atom is -0.351 e. The molecule has 9 heteroatoms. The van der Waals surface area contributed by atoms with E-state index < -0.39 is 0 Å². The van der Waals surface area contributed by atoms with Gasteiger partial charge in [-0.3, -0.25) is 9.79 Å². The van der Waals surface area contributed by atoms with Gasteiger partial charge in [-0.25, -0.2) is 4.79 Å². The number of carbonyl (C=O) groups excluding carboxylic acids is 2. The van der Waals surface area contributed by atoms with Crippen LogP contribution in [-0.2, 0) is 11.2 Å². The molecule has 3 heterocycles. The van der Waals surface area contributed by atoms with Gasteiger partial charge in [-0.1, -0.05) is 40.5 Å². The summed E-state index contributed by atoms with van der Waals surface area (Å²) < 4.78 is 2.08. The van der Waals surface area contributed by atoms with Gasteiger partial charge in [0.05, 0.1) is 0 Å². The molecule has 0 radical (unpaired) electrons. The average molecular weight is 667 g/mol. The second kappa shape index (κ2) is 11.8. The van der Waals surface area contributed by atoms with E-state index in [0.29, 0.717) is 37.3 Å². The van der Waals surface area contributed by atoms with Crippen LogP contribution in [0.1, 0.15) is 62.5 Å². The first-order valence-corrected chi connectivity index (χ1v) is 15.6. The molecule has 1 aromatic rings. The van der Waals surface area contributed by atoms with E-state index >= 15 is 0 Å². The molecule has 3 aliphatic heterocycles. The first kappa shape index (κ1) is 27.9. The van der Waals surface area contributed by atoms with Crippen molar-refractivity contribution in [2.75, 3.05) is 26.2 Å². The van der Waals surface area contributed by atoms with Crippen molar-refractivity contribution in [3.05, 3.63) is 54.6 Å². The smallest absolute Gasteiger partial charge is 0.314 e. The molecule has 1 aliphatic carbocycles. The number of fused-ring (bicyclic) bond motifs is 1. The van der Waals surface area contributed by atoms with Gasteiger partial charge < -0.3 is 15.5 Å². The van der Waals surface area contributed by atoms with Crippen LogP contribution >= 0.6 is 43.5 Å². The number of nitrogens with zero attached hydrogens (tertiary/aromatic N) is 3. The third-order valence-corrected chi connectivity index (χ3v) is 10.2. The number of carbonyl (C=O) groups is 2. The van der Waals surface area contributed by atoms with Crippen LogP contribution in [0.2, 0.25) is 5.02 Å². The number of aryl methyl sites for hydroxylation is 1. The molecule has 0 saturated carbocycles. The van der Waals surface area contributed by atoms with Crippen molar-refractivity contribution in [2.45, 2.75) is 57.8 Å². The van der Waals surface area contributed by atoms with Gasteiger partial charge in [0, 0.05) is 64.4 Å². The van der Waals surface area contributed by atoms with Gasteiger partial charge in [-0.2, -0.15) is 0 Å². The fourth-order valence-corrected chi connectivity index (χ4v) is 8.36. The van der Waals surface area contributed by atoms with E-state index in [4.69, 9.17) is 22.3 Å². The van der Waals surface area contributed by atoms with E-state index in [1.807, 2.05) is 12.3 Å². The number of nitrogens with two attached hydrogens (primary N) is 1. The number of amides is 3. The van der Waals surface area contributed by atoms with Crippen molar-refractivity contribution in [1.29, 1.82) is 0 Å². The van der Waals surface area contributed by atoms with Crippen molar-refractivity contribution >= 4 is 61.6 Å². The topological polar surface area (TPSA) is 79.0 Å². The fraction of sp³-hybridized carbons (Fsp3) is 0.552.